The number of halogens is 3. The zero-order valence-electron chi connectivity index (χ0n) is 15.0. The molecule has 1 amide bonds. The molecule has 3 rings (SSSR count). The normalized spacial score (nSPS) is 16.3. The van der Waals surface area contributed by atoms with E-state index in [9.17, 15) is 22.8 Å². The Kier molecular flexibility index (Phi) is 5.58. The van der Waals surface area contributed by atoms with Crippen LogP contribution in [0.15, 0.2) is 48.5 Å². The number of methoxy groups -OCH3 is 1. The average molecular weight is 393 g/mol. The Labute approximate surface area is 159 Å². The van der Waals surface area contributed by atoms with Gasteiger partial charge in [0.2, 0.25) is 0 Å². The van der Waals surface area contributed by atoms with E-state index >= 15 is 0 Å². The highest BCUT2D eigenvalue weighted by molar-refractivity contribution is 5.86. The van der Waals surface area contributed by atoms with E-state index in [1.54, 1.807) is 0 Å². The van der Waals surface area contributed by atoms with Gasteiger partial charge in [0.1, 0.15) is 11.8 Å². The predicted octanol–water partition coefficient (Wildman–Crippen LogP) is 3.21. The Morgan fingerprint density at radius 1 is 1.07 bits per heavy atom. The molecule has 0 radical (unpaired) electrons. The molecule has 0 fully saturated rings. The van der Waals surface area contributed by atoms with Gasteiger partial charge in [0.15, 0.2) is 6.61 Å². The lowest BCUT2D eigenvalue weighted by atomic mass is 9.94. The summed E-state index contributed by atoms with van der Waals surface area (Å²) in [5, 5.41) is 0. The Morgan fingerprint density at radius 2 is 1.71 bits per heavy atom. The quantitative estimate of drug-likeness (QED) is 0.749. The first kappa shape index (κ1) is 19.7. The summed E-state index contributed by atoms with van der Waals surface area (Å²) in [7, 11) is 1.25. The van der Waals surface area contributed by atoms with E-state index in [0.717, 1.165) is 35.4 Å². The zero-order chi connectivity index (χ0) is 20.3. The van der Waals surface area contributed by atoms with Crippen molar-refractivity contribution in [2.45, 2.75) is 25.2 Å². The van der Waals surface area contributed by atoms with Crippen molar-refractivity contribution in [3.8, 4) is 5.75 Å². The molecule has 1 heterocycles. The number of carbonyl (C=O) groups excluding carboxylic acids is 2. The second kappa shape index (κ2) is 7.92. The van der Waals surface area contributed by atoms with E-state index in [1.165, 1.54) is 12.0 Å². The van der Waals surface area contributed by atoms with E-state index in [1.807, 2.05) is 24.3 Å². The number of ether oxygens (including phenoxy) is 2. The number of esters is 1. The van der Waals surface area contributed by atoms with Crippen molar-refractivity contribution < 1.29 is 32.2 Å². The van der Waals surface area contributed by atoms with Crippen LogP contribution in [0.4, 0.5) is 13.2 Å². The van der Waals surface area contributed by atoms with Crippen LogP contribution in [-0.4, -0.2) is 36.5 Å². The molecule has 0 saturated carbocycles. The highest BCUT2D eigenvalue weighted by Crippen LogP contribution is 2.30. The maximum absolute atomic E-state index is 12.7. The SMILES string of the molecule is COC(=O)[C@@H]1Cc2ccccc2CN1C(=O)COc1ccc(C(F)(F)F)cc1. The predicted molar refractivity (Wildman–Crippen MR) is 93.4 cm³/mol. The van der Waals surface area contributed by atoms with Crippen LogP contribution in [0.5, 0.6) is 5.75 Å². The standard InChI is InChI=1S/C20H18F3NO4/c1-27-19(26)17-10-13-4-2-3-5-14(13)11-24(17)18(25)12-28-16-8-6-15(7-9-16)20(21,22)23/h2-9,17H,10-12H2,1H3/t17-/m0/s1. The topological polar surface area (TPSA) is 55.8 Å². The number of hydrogen-bond donors (Lipinski definition) is 0. The van der Waals surface area contributed by atoms with Crippen LogP contribution in [0, 0.1) is 0 Å². The minimum atomic E-state index is -4.44. The maximum atomic E-state index is 12.7. The molecule has 1 aliphatic rings. The summed E-state index contributed by atoms with van der Waals surface area (Å²) in [6.07, 6.45) is -4.11. The Bertz CT molecular complexity index is 864. The van der Waals surface area contributed by atoms with Crippen molar-refractivity contribution in [1.29, 1.82) is 0 Å². The van der Waals surface area contributed by atoms with E-state index in [-0.39, 0.29) is 12.3 Å². The number of carbonyl (C=O) groups is 2. The first-order valence-electron chi connectivity index (χ1n) is 8.53. The molecule has 0 unspecified atom stereocenters. The third-order valence-corrected chi connectivity index (χ3v) is 4.59. The molecule has 2 aromatic carbocycles. The van der Waals surface area contributed by atoms with Crippen molar-refractivity contribution in [2.24, 2.45) is 0 Å². The highest BCUT2D eigenvalue weighted by Gasteiger charge is 2.35. The third-order valence-electron chi connectivity index (χ3n) is 4.59. The van der Waals surface area contributed by atoms with E-state index in [2.05, 4.69) is 0 Å². The van der Waals surface area contributed by atoms with Crippen LogP contribution >= 0.6 is 0 Å². The minimum absolute atomic E-state index is 0.133. The van der Waals surface area contributed by atoms with Crippen molar-refractivity contribution >= 4 is 11.9 Å². The number of benzene rings is 2. The summed E-state index contributed by atoms with van der Waals surface area (Å²) < 4.78 is 48.0. The van der Waals surface area contributed by atoms with Crippen LogP contribution < -0.4 is 4.74 Å². The van der Waals surface area contributed by atoms with Crippen molar-refractivity contribution in [1.82, 2.24) is 4.90 Å². The molecule has 0 N–H and O–H groups in total. The van der Waals surface area contributed by atoms with Crippen molar-refractivity contribution in [2.75, 3.05) is 13.7 Å². The fourth-order valence-electron chi connectivity index (χ4n) is 3.10. The first-order chi connectivity index (χ1) is 13.3. The molecule has 0 spiro atoms. The summed E-state index contributed by atoms with van der Waals surface area (Å²) in [5.74, 6) is -0.851. The number of amides is 1. The summed E-state index contributed by atoms with van der Waals surface area (Å²) in [4.78, 5) is 26.2. The largest absolute Gasteiger partial charge is 0.484 e. The average Bonchev–Trinajstić information content (AvgIpc) is 2.70. The van der Waals surface area contributed by atoms with E-state index in [4.69, 9.17) is 9.47 Å². The molecule has 28 heavy (non-hydrogen) atoms. The Hall–Kier alpha value is -3.03. The summed E-state index contributed by atoms with van der Waals surface area (Å²) >= 11 is 0. The lowest BCUT2D eigenvalue weighted by Crippen LogP contribution is -2.50. The summed E-state index contributed by atoms with van der Waals surface area (Å²) in [6.45, 7) is -0.174. The van der Waals surface area contributed by atoms with E-state index < -0.39 is 36.3 Å². The van der Waals surface area contributed by atoms with Gasteiger partial charge in [0.05, 0.1) is 12.7 Å². The number of hydrogen-bond acceptors (Lipinski definition) is 4. The van der Waals surface area contributed by atoms with Crippen LogP contribution in [0.3, 0.4) is 0 Å². The molecule has 1 aliphatic heterocycles. The van der Waals surface area contributed by atoms with Gasteiger partial charge in [0.25, 0.3) is 5.91 Å². The van der Waals surface area contributed by atoms with Gasteiger partial charge in [-0.2, -0.15) is 13.2 Å². The number of rotatable bonds is 4. The Morgan fingerprint density at radius 3 is 2.32 bits per heavy atom. The second-order valence-electron chi connectivity index (χ2n) is 6.34. The highest BCUT2D eigenvalue weighted by atomic mass is 19.4. The molecule has 148 valence electrons. The van der Waals surface area contributed by atoms with Crippen LogP contribution in [-0.2, 0) is 33.5 Å². The van der Waals surface area contributed by atoms with Crippen LogP contribution in [0.2, 0.25) is 0 Å². The molecule has 8 heteroatoms. The Balaban J connectivity index is 1.70. The van der Waals surface area contributed by atoms with Gasteiger partial charge in [-0.15, -0.1) is 0 Å². The molecule has 1 atom stereocenters. The molecule has 0 bridgehead atoms. The fourth-order valence-corrected chi connectivity index (χ4v) is 3.10. The monoisotopic (exact) mass is 393 g/mol. The van der Waals surface area contributed by atoms with Crippen LogP contribution in [0.25, 0.3) is 0 Å². The summed E-state index contributed by atoms with van der Waals surface area (Å²) in [5.41, 5.74) is 1.08. The van der Waals surface area contributed by atoms with Crippen LogP contribution in [0.1, 0.15) is 16.7 Å². The van der Waals surface area contributed by atoms with Crippen molar-refractivity contribution in [3.63, 3.8) is 0 Å². The van der Waals surface area contributed by atoms with Gasteiger partial charge in [-0.1, -0.05) is 24.3 Å². The molecule has 0 saturated heterocycles. The van der Waals surface area contributed by atoms with Gasteiger partial charge in [-0.3, -0.25) is 4.79 Å². The number of fused-ring (bicyclic) bond motifs is 1. The first-order valence-corrected chi connectivity index (χ1v) is 8.53. The van der Waals surface area contributed by atoms with Crippen molar-refractivity contribution in [3.05, 3.63) is 65.2 Å². The third kappa shape index (κ3) is 4.27. The number of alkyl halides is 3. The lowest BCUT2D eigenvalue weighted by molar-refractivity contribution is -0.154. The van der Waals surface area contributed by atoms with Gasteiger partial charge < -0.3 is 14.4 Å². The van der Waals surface area contributed by atoms with Gasteiger partial charge >= 0.3 is 12.1 Å². The molecule has 0 aromatic heterocycles. The summed E-state index contributed by atoms with van der Waals surface area (Å²) in [6, 6.07) is 10.8. The fraction of sp³-hybridized carbons (Fsp3) is 0.300. The number of nitrogens with zero attached hydrogens (tertiary/aromatic N) is 1. The van der Waals surface area contributed by atoms with E-state index in [0.29, 0.717) is 6.42 Å². The lowest BCUT2D eigenvalue weighted by Gasteiger charge is -2.35. The molecule has 5 nitrogen and oxygen atoms in total. The maximum Gasteiger partial charge on any atom is 0.416 e. The zero-order valence-corrected chi connectivity index (χ0v) is 15.0. The molecular formula is C20H18F3NO4. The minimum Gasteiger partial charge on any atom is -0.484 e. The smallest absolute Gasteiger partial charge is 0.416 e. The molecular weight excluding hydrogens is 375 g/mol. The molecule has 0 aliphatic carbocycles. The second-order valence-corrected chi connectivity index (χ2v) is 6.34. The molecule has 2 aromatic rings. The van der Waals surface area contributed by atoms with Gasteiger partial charge in [0, 0.05) is 13.0 Å². The van der Waals surface area contributed by atoms with Gasteiger partial charge in [-0.25, -0.2) is 4.79 Å². The van der Waals surface area contributed by atoms with Gasteiger partial charge in [-0.05, 0) is 35.4 Å².